The van der Waals surface area contributed by atoms with Crippen LogP contribution < -0.4 is 37.8 Å². The van der Waals surface area contributed by atoms with Crippen LogP contribution in [0.5, 0.6) is 0 Å². The summed E-state index contributed by atoms with van der Waals surface area (Å²) < 4.78 is 76.7. The van der Waals surface area contributed by atoms with Gasteiger partial charge in [0.25, 0.3) is 0 Å². The van der Waals surface area contributed by atoms with Crippen LogP contribution in [0.4, 0.5) is 0 Å². The first-order chi connectivity index (χ1) is 5.20. The van der Waals surface area contributed by atoms with Crippen LogP contribution in [0.1, 0.15) is 0 Å². The number of rotatable bonds is 0. The molecule has 0 radical (unpaired) electrons. The third-order valence-corrected chi connectivity index (χ3v) is 0. The summed E-state index contributed by atoms with van der Waals surface area (Å²) >= 11 is -10.9. The molecule has 0 amide bonds. The van der Waals surface area contributed by atoms with Crippen molar-refractivity contribution in [3.8, 4) is 0 Å². The van der Waals surface area contributed by atoms with Crippen molar-refractivity contribution in [1.29, 1.82) is 0 Å². The molecule has 0 aromatic heterocycles. The summed E-state index contributed by atoms with van der Waals surface area (Å²) in [6, 6.07) is 0. The molecule has 0 aliphatic heterocycles. The molecule has 0 saturated carbocycles. The summed E-state index contributed by atoms with van der Waals surface area (Å²) in [5.41, 5.74) is 0. The molecule has 13 heteroatoms. The molecular weight excluding hydrogens is 499 g/mol. The molecule has 0 aliphatic rings. The first-order valence-corrected chi connectivity index (χ1v) is 7.22. The van der Waals surface area contributed by atoms with E-state index in [2.05, 4.69) is 0 Å². The Hall–Kier alpha value is 1.95. The minimum absolute atomic E-state index is 0. The first-order valence-electron chi connectivity index (χ1n) is 1.39. The fraction of sp³-hybridized carbons (Fsp3) is 0. The molecule has 0 heterocycles. The molecule has 0 bridgehead atoms. The van der Waals surface area contributed by atoms with Crippen molar-refractivity contribution >= 4 is 25.8 Å². The van der Waals surface area contributed by atoms with E-state index in [1.807, 2.05) is 0 Å². The molecule has 9 nitrogen and oxygen atoms in total. The van der Waals surface area contributed by atoms with Crippen LogP contribution in [0.15, 0.2) is 0 Å². The van der Waals surface area contributed by atoms with Gasteiger partial charge in [0.15, 0.2) is 0 Å². The van der Waals surface area contributed by atoms with E-state index < -0.39 is 44.4 Å². The van der Waals surface area contributed by atoms with E-state index in [1.165, 1.54) is 0 Å². The summed E-state index contributed by atoms with van der Waals surface area (Å²) in [6.07, 6.45) is 0. The van der Waals surface area contributed by atoms with Gasteiger partial charge in [-0.25, -0.2) is 0 Å². The van der Waals surface area contributed by atoms with E-state index >= 15 is 0 Å². The molecule has 0 N–H and O–H groups in total. The van der Waals surface area contributed by atoms with Crippen LogP contribution in [-0.2, 0) is 0 Å². The molecule has 0 spiro atoms. The van der Waals surface area contributed by atoms with Crippen molar-refractivity contribution in [3.63, 3.8) is 0 Å². The predicted molar refractivity (Wildman–Crippen MR) is 5.75 cm³/mol. The van der Waals surface area contributed by atoms with Crippen molar-refractivity contribution in [2.75, 3.05) is 0 Å². The normalized spacial score (nSPS) is 8.31. The van der Waals surface area contributed by atoms with Gasteiger partial charge in [-0.1, -0.05) is 0 Å². The molecule has 0 saturated heterocycles. The Labute approximate surface area is 107 Å². The Morgan fingerprint density at radius 2 is 0.385 bits per heavy atom. The third-order valence-electron chi connectivity index (χ3n) is 0. The zero-order chi connectivity index (χ0) is 10.7. The maximum absolute atomic E-state index is 8.52. The van der Waals surface area contributed by atoms with Crippen LogP contribution in [0.3, 0.4) is 0 Å². The summed E-state index contributed by atoms with van der Waals surface area (Å²) in [4.78, 5) is 0. The molecule has 0 unspecified atom stereocenters. The Bertz CT molecular complexity index is 43.4. The predicted octanol–water partition coefficient (Wildman–Crippen LogP) is -11.1. The molecular formula is Br3InO9. The van der Waals surface area contributed by atoms with Gasteiger partial charge < -0.3 is 37.8 Å². The summed E-state index contributed by atoms with van der Waals surface area (Å²) in [5.74, 6) is 0. The maximum Gasteiger partial charge on any atom is 3.00 e. The van der Waals surface area contributed by atoms with E-state index in [1.54, 1.807) is 0 Å². The van der Waals surface area contributed by atoms with Gasteiger partial charge in [0.2, 0.25) is 44.4 Å². The van der Waals surface area contributed by atoms with Gasteiger partial charge in [-0.05, 0) is 0 Å². The summed E-state index contributed by atoms with van der Waals surface area (Å²) in [7, 11) is 0. The van der Waals surface area contributed by atoms with E-state index in [0.29, 0.717) is 0 Å². The Kier molecular flexibility index (Phi) is 36.4. The van der Waals surface area contributed by atoms with Gasteiger partial charge in [-0.3, -0.25) is 0 Å². The quantitative estimate of drug-likeness (QED) is 0.310. The number of hydrogen-bond acceptors (Lipinski definition) is 9. The zero-order valence-electron chi connectivity index (χ0n) is 5.39. The Balaban J connectivity index is -0.0000000450. The number of halogens is 3. The van der Waals surface area contributed by atoms with E-state index in [9.17, 15) is 0 Å². The third kappa shape index (κ3) is 524. The number of hydrogen-bond donors (Lipinski definition) is 0. The molecule has 0 aliphatic carbocycles. The second kappa shape index (κ2) is 19.5. The van der Waals surface area contributed by atoms with E-state index in [0.717, 1.165) is 0 Å². The molecule has 0 rings (SSSR count). The van der Waals surface area contributed by atoms with E-state index in [-0.39, 0.29) is 25.8 Å². The monoisotopic (exact) mass is 496 g/mol. The topological polar surface area (TPSA) is 208 Å². The van der Waals surface area contributed by atoms with Gasteiger partial charge in [0, 0.05) is 0 Å². The van der Waals surface area contributed by atoms with Crippen LogP contribution >= 0.6 is 0 Å². The van der Waals surface area contributed by atoms with Crippen LogP contribution in [0.25, 0.3) is 0 Å². The van der Waals surface area contributed by atoms with Crippen LogP contribution in [0, 0.1) is 44.4 Å². The second-order valence-electron chi connectivity index (χ2n) is 0.567. The summed E-state index contributed by atoms with van der Waals surface area (Å²) in [6.45, 7) is 0. The van der Waals surface area contributed by atoms with Gasteiger partial charge >= 0.3 is 25.8 Å². The van der Waals surface area contributed by atoms with Crippen molar-refractivity contribution < 1.29 is 82.2 Å². The Morgan fingerprint density at radius 3 is 0.385 bits per heavy atom. The zero-order valence-corrected chi connectivity index (χ0v) is 13.4. The fourth-order valence-corrected chi connectivity index (χ4v) is 0. The van der Waals surface area contributed by atoms with Crippen molar-refractivity contribution in [1.82, 2.24) is 0 Å². The second-order valence-corrected chi connectivity index (χ2v) is 2.95. The maximum atomic E-state index is 8.52. The van der Waals surface area contributed by atoms with Gasteiger partial charge in [-0.2, -0.15) is 0 Å². The molecule has 78 valence electrons. The first kappa shape index (κ1) is 24.3. The van der Waals surface area contributed by atoms with Crippen molar-refractivity contribution in [2.24, 2.45) is 0 Å². The van der Waals surface area contributed by atoms with Crippen molar-refractivity contribution in [2.45, 2.75) is 0 Å². The Morgan fingerprint density at radius 1 is 0.385 bits per heavy atom. The SMILES string of the molecule is [In+3].[O-][Br+2]([O-])[O-].[O-][Br+2]([O-])[O-].[O-][Br+2]([O-])[O-]. The molecule has 0 aromatic carbocycles. The smallest absolute Gasteiger partial charge is 0.405 e. The average molecular weight is 499 g/mol. The molecule has 13 heavy (non-hydrogen) atoms. The van der Waals surface area contributed by atoms with Crippen molar-refractivity contribution in [3.05, 3.63) is 0 Å². The van der Waals surface area contributed by atoms with Crippen LogP contribution in [-0.4, -0.2) is 25.8 Å². The fourth-order valence-electron chi connectivity index (χ4n) is 0. The molecule has 0 aromatic rings. The van der Waals surface area contributed by atoms with Gasteiger partial charge in [-0.15, -0.1) is 0 Å². The standard InChI is InChI=1S/3BrO3.In/c3*2-1(3)4;/q3*-1;+3. The molecule has 0 fully saturated rings. The minimum Gasteiger partial charge on any atom is -0.405 e. The van der Waals surface area contributed by atoms with Crippen LogP contribution in [0.2, 0.25) is 0 Å². The minimum atomic E-state index is -3.65. The molecule has 0 atom stereocenters. The largest absolute Gasteiger partial charge is 3.00 e. The van der Waals surface area contributed by atoms with Gasteiger partial charge in [0.05, 0.1) is 0 Å². The van der Waals surface area contributed by atoms with Gasteiger partial charge in [0.1, 0.15) is 0 Å². The van der Waals surface area contributed by atoms with E-state index in [4.69, 9.17) is 37.8 Å². The summed E-state index contributed by atoms with van der Waals surface area (Å²) in [5, 5.41) is 0. The average Bonchev–Trinajstić information content (AvgIpc) is 1.54.